The molecule has 6 rings (SSSR count). The lowest BCUT2D eigenvalue weighted by Gasteiger charge is -2.26. The van der Waals surface area contributed by atoms with Gasteiger partial charge in [0.25, 0.3) is 5.70 Å². The Bertz CT molecular complexity index is 2340. The van der Waals surface area contributed by atoms with Crippen LogP contribution in [0.3, 0.4) is 0 Å². The van der Waals surface area contributed by atoms with Crippen LogP contribution in [0.15, 0.2) is 127 Å². The highest BCUT2D eigenvalue weighted by molar-refractivity contribution is 7.16. The third-order valence-corrected chi connectivity index (χ3v) is 11.6. The lowest BCUT2D eigenvalue weighted by Crippen LogP contribution is -2.10. The number of carboxylic acid groups (broad SMARTS) is 1. The number of aliphatic carboxylic acids is 1. The highest BCUT2D eigenvalue weighted by atomic mass is 32.1. The molecule has 0 saturated carbocycles. The van der Waals surface area contributed by atoms with Gasteiger partial charge >= 0.3 is 5.97 Å². The molecule has 63 heavy (non-hydrogen) atoms. The van der Waals surface area contributed by atoms with Crippen LogP contribution < -0.4 is 23.8 Å². The van der Waals surface area contributed by atoms with Gasteiger partial charge in [0.2, 0.25) is 0 Å². The highest BCUT2D eigenvalue weighted by Gasteiger charge is 2.17. The predicted molar refractivity (Wildman–Crippen MR) is 259 cm³/mol. The normalized spacial score (nSPS) is 11.2. The van der Waals surface area contributed by atoms with Crippen molar-refractivity contribution in [3.8, 4) is 55.7 Å². The third kappa shape index (κ3) is 12.6. The van der Waals surface area contributed by atoms with Crippen molar-refractivity contribution in [2.75, 3.05) is 31.3 Å². The summed E-state index contributed by atoms with van der Waals surface area (Å²) in [6, 6.07) is 41.6. The van der Waals surface area contributed by atoms with Crippen LogP contribution >= 0.6 is 11.3 Å². The van der Waals surface area contributed by atoms with E-state index in [9.17, 15) is 9.90 Å². The van der Waals surface area contributed by atoms with E-state index in [4.69, 9.17) is 25.5 Å². The topological polar surface area (TPSA) is 81.8 Å². The standard InChI is InChI=1S/C54H58N2O6S/c1-6-10-32-59-45-26-29-48(51(36-45)61-34-12-8-3)39-14-20-42(21-15-39)56(44-24-18-41(19-25-44)53-31-28-47(63-53)38-50(55-5)54(57)58)43-22-16-40(17-23-43)49-30-27-46(60-33-11-7-2)37-52(49)62-35-13-9-4/h14-31,36-38H,6-13,32-35H2,1-4H3,(H,57,58)/b50-38-. The SMILES string of the molecule is [C-]#[N+]/C(=C\c1ccc(-c2ccc(N(c3ccc(-c4ccc(OCCCC)cc4OCCCC)cc3)c3ccc(-c4ccc(OCCCC)cc4OCCCC)cc3)cc2)s1)C(=O)O. The summed E-state index contributed by atoms with van der Waals surface area (Å²) in [5.41, 5.74) is 7.71. The van der Waals surface area contributed by atoms with Crippen LogP contribution in [0.25, 0.3) is 43.6 Å². The fraction of sp³-hybridized carbons (Fsp3) is 0.296. The second-order valence-electron chi connectivity index (χ2n) is 15.2. The molecule has 6 aromatic rings. The van der Waals surface area contributed by atoms with Gasteiger partial charge in [0.05, 0.1) is 33.0 Å². The number of carboxylic acids is 1. The van der Waals surface area contributed by atoms with Crippen LogP contribution in [0.1, 0.15) is 83.9 Å². The molecule has 0 bridgehead atoms. The van der Waals surface area contributed by atoms with Crippen LogP contribution in [0.2, 0.25) is 0 Å². The van der Waals surface area contributed by atoms with Crippen molar-refractivity contribution in [2.45, 2.75) is 79.1 Å². The van der Waals surface area contributed by atoms with Crippen LogP contribution in [0.5, 0.6) is 23.0 Å². The average Bonchev–Trinajstić information content (AvgIpc) is 3.78. The molecule has 0 atom stereocenters. The number of unbranched alkanes of at least 4 members (excludes halogenated alkanes) is 4. The van der Waals surface area contributed by atoms with Crippen LogP contribution in [-0.4, -0.2) is 37.5 Å². The molecule has 0 aliphatic rings. The smallest absolute Gasteiger partial charge is 0.333 e. The minimum atomic E-state index is -1.23. The van der Waals surface area contributed by atoms with Crippen LogP contribution in [0.4, 0.5) is 17.1 Å². The number of rotatable bonds is 24. The van der Waals surface area contributed by atoms with E-state index in [0.29, 0.717) is 31.3 Å². The third-order valence-electron chi connectivity index (χ3n) is 10.5. The largest absolute Gasteiger partial charge is 0.493 e. The first-order chi connectivity index (χ1) is 30.8. The van der Waals surface area contributed by atoms with E-state index in [1.54, 1.807) is 0 Å². The summed E-state index contributed by atoms with van der Waals surface area (Å²) >= 11 is 1.45. The van der Waals surface area contributed by atoms with Gasteiger partial charge < -0.3 is 29.0 Å². The summed E-state index contributed by atoms with van der Waals surface area (Å²) in [5.74, 6) is 2.02. The van der Waals surface area contributed by atoms with E-state index in [0.717, 1.165) is 124 Å². The van der Waals surface area contributed by atoms with Gasteiger partial charge in [-0.05, 0) is 121 Å². The summed E-state index contributed by atoms with van der Waals surface area (Å²) in [6.07, 6.45) is 9.59. The van der Waals surface area contributed by atoms with E-state index >= 15 is 0 Å². The molecule has 0 unspecified atom stereocenters. The Balaban J connectivity index is 1.36. The first-order valence-corrected chi connectivity index (χ1v) is 23.0. The maximum absolute atomic E-state index is 11.5. The van der Waals surface area contributed by atoms with Gasteiger partial charge in [0.15, 0.2) is 0 Å². The summed E-state index contributed by atoms with van der Waals surface area (Å²) < 4.78 is 24.8. The number of carbonyl (C=O) groups is 1. The van der Waals surface area contributed by atoms with E-state index in [1.165, 1.54) is 17.4 Å². The molecule has 0 aliphatic carbocycles. The quantitative estimate of drug-likeness (QED) is 0.0369. The van der Waals surface area contributed by atoms with E-state index < -0.39 is 5.97 Å². The minimum absolute atomic E-state index is 0.311. The predicted octanol–water partition coefficient (Wildman–Crippen LogP) is 15.3. The summed E-state index contributed by atoms with van der Waals surface area (Å²) in [6.45, 7) is 18.5. The molecule has 1 aromatic heterocycles. The molecule has 0 fully saturated rings. The van der Waals surface area contributed by atoms with Crippen molar-refractivity contribution >= 4 is 40.4 Å². The number of nitrogens with zero attached hydrogens (tertiary/aromatic N) is 2. The van der Waals surface area contributed by atoms with Gasteiger partial charge in [-0.3, -0.25) is 4.79 Å². The number of anilines is 3. The molecule has 0 aliphatic heterocycles. The molecule has 1 N–H and O–H groups in total. The fourth-order valence-corrected chi connectivity index (χ4v) is 7.84. The molecule has 0 radical (unpaired) electrons. The second kappa shape index (κ2) is 23.6. The zero-order chi connectivity index (χ0) is 44.4. The first-order valence-electron chi connectivity index (χ1n) is 22.2. The van der Waals surface area contributed by atoms with Gasteiger partial charge in [-0.25, -0.2) is 4.85 Å². The molecule has 8 nitrogen and oxygen atoms in total. The van der Waals surface area contributed by atoms with Gasteiger partial charge in [-0.2, -0.15) is 0 Å². The maximum atomic E-state index is 11.5. The average molecular weight is 863 g/mol. The monoisotopic (exact) mass is 862 g/mol. The lowest BCUT2D eigenvalue weighted by molar-refractivity contribution is -0.132. The molecule has 1 heterocycles. The maximum Gasteiger partial charge on any atom is 0.333 e. The van der Waals surface area contributed by atoms with Crippen molar-refractivity contribution in [3.63, 3.8) is 0 Å². The lowest BCUT2D eigenvalue weighted by atomic mass is 10.0. The number of benzene rings is 5. The van der Waals surface area contributed by atoms with Crippen molar-refractivity contribution in [1.29, 1.82) is 0 Å². The molecule has 5 aromatic carbocycles. The molecule has 0 amide bonds. The number of hydrogen-bond acceptors (Lipinski definition) is 7. The van der Waals surface area contributed by atoms with Crippen molar-refractivity contribution in [1.82, 2.24) is 0 Å². The van der Waals surface area contributed by atoms with Crippen LogP contribution in [-0.2, 0) is 4.79 Å². The van der Waals surface area contributed by atoms with E-state index in [2.05, 4.69) is 122 Å². The van der Waals surface area contributed by atoms with Gasteiger partial charge in [0.1, 0.15) is 23.0 Å². The highest BCUT2D eigenvalue weighted by Crippen LogP contribution is 2.41. The Morgan fingerprint density at radius 1 is 0.571 bits per heavy atom. The van der Waals surface area contributed by atoms with Gasteiger partial charge in [-0.1, -0.05) is 89.8 Å². The van der Waals surface area contributed by atoms with Crippen molar-refractivity contribution in [2.24, 2.45) is 0 Å². The molecule has 0 saturated heterocycles. The summed E-state index contributed by atoms with van der Waals surface area (Å²) in [5, 5.41) is 9.36. The summed E-state index contributed by atoms with van der Waals surface area (Å²) in [4.78, 5) is 18.5. The fourth-order valence-electron chi connectivity index (χ4n) is 6.89. The Hall–Kier alpha value is -6.50. The number of thiophene rings is 1. The molecule has 326 valence electrons. The first kappa shape index (κ1) is 46.0. The van der Waals surface area contributed by atoms with Crippen molar-refractivity contribution < 1.29 is 28.8 Å². The molecular weight excluding hydrogens is 805 g/mol. The Kier molecular flexibility index (Phi) is 17.3. The zero-order valence-electron chi connectivity index (χ0n) is 36.9. The number of ether oxygens (including phenoxy) is 4. The Morgan fingerprint density at radius 3 is 1.38 bits per heavy atom. The van der Waals surface area contributed by atoms with Crippen LogP contribution in [0, 0.1) is 6.57 Å². The minimum Gasteiger partial charge on any atom is -0.493 e. The van der Waals surface area contributed by atoms with E-state index in [1.807, 2.05) is 36.4 Å². The Labute approximate surface area is 377 Å². The van der Waals surface area contributed by atoms with Gasteiger partial charge in [0, 0.05) is 50.1 Å². The zero-order valence-corrected chi connectivity index (χ0v) is 37.7. The number of hydrogen-bond donors (Lipinski definition) is 1. The molecular formula is C54H58N2O6S. The Morgan fingerprint density at radius 2 is 0.984 bits per heavy atom. The van der Waals surface area contributed by atoms with Crippen molar-refractivity contribution in [3.05, 3.63) is 143 Å². The molecule has 0 spiro atoms. The van der Waals surface area contributed by atoms with E-state index in [-0.39, 0.29) is 5.70 Å². The second-order valence-corrected chi connectivity index (χ2v) is 16.4. The summed E-state index contributed by atoms with van der Waals surface area (Å²) in [7, 11) is 0. The van der Waals surface area contributed by atoms with Gasteiger partial charge in [-0.15, -0.1) is 11.3 Å². The molecule has 9 heteroatoms.